The Labute approximate surface area is 180 Å². The van der Waals surface area contributed by atoms with Gasteiger partial charge in [-0.3, -0.25) is 19.6 Å². The predicted octanol–water partition coefficient (Wildman–Crippen LogP) is 2.01. The van der Waals surface area contributed by atoms with E-state index in [2.05, 4.69) is 32.5 Å². The zero-order chi connectivity index (χ0) is 21.8. The van der Waals surface area contributed by atoms with E-state index >= 15 is 0 Å². The number of hydrogen-bond donors (Lipinski definition) is 2. The van der Waals surface area contributed by atoms with E-state index in [4.69, 9.17) is 0 Å². The Morgan fingerprint density at radius 3 is 2.90 bits per heavy atom. The molecule has 0 aromatic carbocycles. The Hall–Kier alpha value is -3.01. The minimum Gasteiger partial charge on any atom is -0.318 e. The van der Waals surface area contributed by atoms with Crippen molar-refractivity contribution < 1.29 is 13.2 Å². The van der Waals surface area contributed by atoms with Crippen molar-refractivity contribution in [1.29, 1.82) is 0 Å². The van der Waals surface area contributed by atoms with Crippen LogP contribution >= 0.6 is 0 Å². The summed E-state index contributed by atoms with van der Waals surface area (Å²) in [6, 6.07) is 3.00. The van der Waals surface area contributed by atoms with Crippen LogP contribution in [0.25, 0.3) is 0 Å². The molecular formula is C21H24N6O3S. The molecule has 3 heterocycles. The Kier molecular flexibility index (Phi) is 4.51. The van der Waals surface area contributed by atoms with Gasteiger partial charge in [-0.25, -0.2) is 8.42 Å². The molecule has 9 nitrogen and oxygen atoms in total. The number of nitrogens with zero attached hydrogens (tertiary/aromatic N) is 4. The van der Waals surface area contributed by atoms with Crippen molar-refractivity contribution in [1.82, 2.24) is 25.0 Å². The van der Waals surface area contributed by atoms with E-state index in [-0.39, 0.29) is 11.7 Å². The predicted molar refractivity (Wildman–Crippen MR) is 114 cm³/mol. The molecule has 3 unspecified atom stereocenters. The van der Waals surface area contributed by atoms with E-state index in [9.17, 15) is 13.2 Å². The second kappa shape index (κ2) is 7.01. The van der Waals surface area contributed by atoms with Crippen molar-refractivity contribution >= 4 is 21.4 Å². The van der Waals surface area contributed by atoms with Gasteiger partial charge in [0.1, 0.15) is 9.84 Å². The highest BCUT2D eigenvalue weighted by molar-refractivity contribution is 7.90. The molecule has 0 spiro atoms. The van der Waals surface area contributed by atoms with Crippen LogP contribution in [0.2, 0.25) is 0 Å². The van der Waals surface area contributed by atoms with Crippen LogP contribution in [-0.2, 0) is 22.7 Å². The first kappa shape index (κ1) is 19.9. The van der Waals surface area contributed by atoms with Crippen LogP contribution < -0.4 is 5.32 Å². The molecule has 3 aromatic rings. The third kappa shape index (κ3) is 3.87. The Balaban J connectivity index is 1.36. The monoisotopic (exact) mass is 440 g/mol. The summed E-state index contributed by atoms with van der Waals surface area (Å²) in [6.45, 7) is 2.28. The lowest BCUT2D eigenvalue weighted by Crippen LogP contribution is -2.21. The summed E-state index contributed by atoms with van der Waals surface area (Å²) >= 11 is 0. The number of carbonyl (C=O) groups excluding carboxylic acids is 1. The molecule has 3 aromatic heterocycles. The molecule has 2 aliphatic rings. The summed E-state index contributed by atoms with van der Waals surface area (Å²) in [4.78, 5) is 16.9. The number of H-pyrrole nitrogens is 1. The van der Waals surface area contributed by atoms with Gasteiger partial charge >= 0.3 is 0 Å². The van der Waals surface area contributed by atoms with Crippen LogP contribution in [0.15, 0.2) is 36.9 Å². The van der Waals surface area contributed by atoms with E-state index in [0.717, 1.165) is 29.7 Å². The van der Waals surface area contributed by atoms with E-state index in [1.807, 2.05) is 0 Å². The number of nitrogens with one attached hydrogen (secondary N) is 2. The highest BCUT2D eigenvalue weighted by atomic mass is 32.2. The molecule has 0 saturated heterocycles. The average Bonchev–Trinajstić information content (AvgIpc) is 3.03. The number of carbonyl (C=O) groups is 1. The highest BCUT2D eigenvalue weighted by Gasteiger charge is 2.53. The van der Waals surface area contributed by atoms with E-state index in [1.165, 1.54) is 18.9 Å². The lowest BCUT2D eigenvalue weighted by atomic mass is 9.87. The molecule has 0 aliphatic heterocycles. The zero-order valence-electron chi connectivity index (χ0n) is 17.4. The Bertz CT molecular complexity index is 1250. The maximum absolute atomic E-state index is 12.9. The fourth-order valence-corrected chi connectivity index (χ4v) is 5.52. The van der Waals surface area contributed by atoms with Gasteiger partial charge in [0.25, 0.3) is 5.91 Å². The Morgan fingerprint density at radius 1 is 1.39 bits per heavy atom. The highest BCUT2D eigenvalue weighted by Crippen LogP contribution is 2.59. The lowest BCUT2D eigenvalue weighted by molar-refractivity contribution is 0.102. The molecule has 1 saturated carbocycles. The standard InChI is InChI=1S/C21H24N6O3S/c1-21-8-14(21)7-16-17(9-21)25-26-19(16)20(28)24-15-10-23-27(11-15)18(12-31(2,29)30)13-3-5-22-6-4-13/h3-6,10-11,14,18H,7-9,12H2,1-2H3,(H,24,28)(H,25,26). The van der Waals surface area contributed by atoms with Gasteiger partial charge in [-0.15, -0.1) is 0 Å². The van der Waals surface area contributed by atoms with Crippen molar-refractivity contribution in [2.24, 2.45) is 11.3 Å². The van der Waals surface area contributed by atoms with Gasteiger partial charge in [0, 0.05) is 36.1 Å². The molecule has 1 fully saturated rings. The number of hydrogen-bond acceptors (Lipinski definition) is 6. The van der Waals surface area contributed by atoms with Gasteiger partial charge in [-0.05, 0) is 48.3 Å². The third-order valence-corrected chi connectivity index (χ3v) is 7.39. The van der Waals surface area contributed by atoms with Crippen molar-refractivity contribution in [3.05, 3.63) is 59.4 Å². The molecule has 0 radical (unpaired) electrons. The van der Waals surface area contributed by atoms with Crippen molar-refractivity contribution in [3.63, 3.8) is 0 Å². The van der Waals surface area contributed by atoms with Crippen molar-refractivity contribution in [2.75, 3.05) is 17.3 Å². The third-order valence-electron chi connectivity index (χ3n) is 6.47. The topological polar surface area (TPSA) is 123 Å². The average molecular weight is 441 g/mol. The number of amides is 1. The molecule has 2 aliphatic carbocycles. The summed E-state index contributed by atoms with van der Waals surface area (Å²) < 4.78 is 25.5. The number of aromatic amines is 1. The number of sulfone groups is 1. The summed E-state index contributed by atoms with van der Waals surface area (Å²) in [5.74, 6) is 0.230. The zero-order valence-corrected chi connectivity index (χ0v) is 18.2. The minimum absolute atomic E-state index is 0.112. The normalized spacial score (nSPS) is 23.0. The first-order valence-electron chi connectivity index (χ1n) is 10.2. The smallest absolute Gasteiger partial charge is 0.276 e. The van der Waals surface area contributed by atoms with Crippen LogP contribution in [-0.4, -0.2) is 51.3 Å². The number of fused-ring (bicyclic) bond motifs is 2. The summed E-state index contributed by atoms with van der Waals surface area (Å²) in [6.07, 6.45) is 10.6. The number of pyridine rings is 1. The first-order valence-corrected chi connectivity index (χ1v) is 12.3. The van der Waals surface area contributed by atoms with Crippen LogP contribution in [0.4, 0.5) is 5.69 Å². The molecule has 1 amide bonds. The molecule has 2 N–H and O–H groups in total. The van der Waals surface area contributed by atoms with Crippen LogP contribution in [0.5, 0.6) is 0 Å². The minimum atomic E-state index is -3.27. The fraction of sp³-hybridized carbons (Fsp3) is 0.429. The summed E-state index contributed by atoms with van der Waals surface area (Å²) in [7, 11) is -3.27. The van der Waals surface area contributed by atoms with E-state index in [0.29, 0.717) is 22.7 Å². The maximum atomic E-state index is 12.9. The van der Waals surface area contributed by atoms with Crippen molar-refractivity contribution in [2.45, 2.75) is 32.2 Å². The van der Waals surface area contributed by atoms with Gasteiger partial charge in [0.2, 0.25) is 0 Å². The van der Waals surface area contributed by atoms with Crippen molar-refractivity contribution in [3.8, 4) is 0 Å². The first-order chi connectivity index (χ1) is 14.7. The van der Waals surface area contributed by atoms with Gasteiger partial charge in [-0.1, -0.05) is 6.92 Å². The molecule has 0 bridgehead atoms. The summed E-state index contributed by atoms with van der Waals surface area (Å²) in [5.41, 5.74) is 4.12. The van der Waals surface area contributed by atoms with E-state index in [1.54, 1.807) is 35.4 Å². The van der Waals surface area contributed by atoms with Crippen LogP contribution in [0.3, 0.4) is 0 Å². The number of anilines is 1. The number of rotatable bonds is 6. The number of aromatic nitrogens is 5. The maximum Gasteiger partial charge on any atom is 0.276 e. The van der Waals surface area contributed by atoms with Gasteiger partial charge in [-0.2, -0.15) is 10.2 Å². The van der Waals surface area contributed by atoms with Crippen LogP contribution in [0, 0.1) is 11.3 Å². The fourth-order valence-electron chi connectivity index (χ4n) is 4.61. The quantitative estimate of drug-likeness (QED) is 0.605. The lowest BCUT2D eigenvalue weighted by Gasteiger charge is -2.17. The van der Waals surface area contributed by atoms with Gasteiger partial charge < -0.3 is 5.32 Å². The second-order valence-corrected chi connectivity index (χ2v) is 11.2. The van der Waals surface area contributed by atoms with Crippen LogP contribution in [0.1, 0.15) is 46.7 Å². The molecule has 5 rings (SSSR count). The van der Waals surface area contributed by atoms with E-state index < -0.39 is 15.9 Å². The molecule has 31 heavy (non-hydrogen) atoms. The summed E-state index contributed by atoms with van der Waals surface area (Å²) in [5, 5.41) is 14.5. The van der Waals surface area contributed by atoms with Gasteiger partial charge in [0.05, 0.1) is 23.7 Å². The SMILES string of the molecule is CC12Cc3[nH]nc(C(=O)Nc4cnn(C(CS(C)(=O)=O)c5ccncc5)c4)c3CC1C2. The largest absolute Gasteiger partial charge is 0.318 e. The second-order valence-electron chi connectivity index (χ2n) is 9.02. The van der Waals surface area contributed by atoms with Gasteiger partial charge in [0.15, 0.2) is 5.69 Å². The molecular weight excluding hydrogens is 416 g/mol. The molecule has 3 atom stereocenters. The molecule has 162 valence electrons. The Morgan fingerprint density at radius 2 is 2.16 bits per heavy atom. The molecule has 10 heteroatoms.